The maximum atomic E-state index is 14.9. The molecule has 140 valence electrons. The fourth-order valence-corrected chi connectivity index (χ4v) is 3.30. The summed E-state index contributed by atoms with van der Waals surface area (Å²) >= 11 is 0. The van der Waals surface area contributed by atoms with Gasteiger partial charge in [0.1, 0.15) is 17.3 Å². The molecule has 4 nitrogen and oxygen atoms in total. The number of carbonyl (C=O) groups is 1. The molecule has 3 rings (SSSR count). The van der Waals surface area contributed by atoms with E-state index >= 15 is 0 Å². The second kappa shape index (κ2) is 6.37. The Balaban J connectivity index is 2.32. The highest BCUT2D eigenvalue weighted by Crippen LogP contribution is 2.34. The first-order valence-electron chi connectivity index (χ1n) is 8.54. The van der Waals surface area contributed by atoms with E-state index in [-0.39, 0.29) is 39.2 Å². The van der Waals surface area contributed by atoms with Crippen molar-refractivity contribution in [1.82, 2.24) is 9.97 Å². The van der Waals surface area contributed by atoms with Crippen LogP contribution in [0.15, 0.2) is 29.2 Å². The Bertz CT molecular complexity index is 1140. The maximum absolute atomic E-state index is 14.9. The van der Waals surface area contributed by atoms with Gasteiger partial charge in [-0.2, -0.15) is 0 Å². The molecule has 0 aliphatic rings. The molecule has 0 bridgehead atoms. The second-order valence-electron chi connectivity index (χ2n) is 7.66. The van der Waals surface area contributed by atoms with Crippen LogP contribution in [-0.4, -0.2) is 15.8 Å². The minimum atomic E-state index is -0.698. The van der Waals surface area contributed by atoms with Gasteiger partial charge in [0.2, 0.25) is 0 Å². The van der Waals surface area contributed by atoms with Gasteiger partial charge in [-0.1, -0.05) is 20.8 Å². The molecule has 0 aliphatic carbocycles. The molecule has 0 saturated carbocycles. The van der Waals surface area contributed by atoms with Crippen LogP contribution in [0.2, 0.25) is 0 Å². The zero-order chi connectivity index (χ0) is 20.1. The number of aromatic nitrogens is 2. The molecule has 6 heteroatoms. The molecular formula is C21H20F2N2O2. The molecule has 0 atom stereocenters. The number of hydrogen-bond acceptors (Lipinski definition) is 3. The summed E-state index contributed by atoms with van der Waals surface area (Å²) in [4.78, 5) is 31.3. The number of carbonyl (C=O) groups excluding carboxylic acids is 1. The van der Waals surface area contributed by atoms with Crippen LogP contribution in [0.25, 0.3) is 22.2 Å². The van der Waals surface area contributed by atoms with Crippen LogP contribution in [-0.2, 0) is 5.41 Å². The fraction of sp³-hybridized carbons (Fsp3) is 0.286. The van der Waals surface area contributed by atoms with Crippen molar-refractivity contribution in [3.05, 3.63) is 63.1 Å². The van der Waals surface area contributed by atoms with Crippen LogP contribution < -0.4 is 5.43 Å². The van der Waals surface area contributed by atoms with Gasteiger partial charge in [-0.15, -0.1) is 0 Å². The quantitative estimate of drug-likeness (QED) is 0.667. The van der Waals surface area contributed by atoms with Crippen LogP contribution in [0.5, 0.6) is 0 Å². The predicted molar refractivity (Wildman–Crippen MR) is 101 cm³/mol. The number of pyridine rings is 2. The van der Waals surface area contributed by atoms with Gasteiger partial charge in [0, 0.05) is 30.3 Å². The van der Waals surface area contributed by atoms with Gasteiger partial charge in [-0.3, -0.25) is 14.6 Å². The lowest BCUT2D eigenvalue weighted by Crippen LogP contribution is -2.18. The van der Waals surface area contributed by atoms with E-state index in [9.17, 15) is 18.4 Å². The molecule has 2 aromatic heterocycles. The average Bonchev–Trinajstić information content (AvgIpc) is 2.56. The number of H-pyrrole nitrogens is 1. The number of nitrogens with zero attached hydrogens (tertiary/aromatic N) is 1. The van der Waals surface area contributed by atoms with Crippen LogP contribution in [0.3, 0.4) is 0 Å². The first-order chi connectivity index (χ1) is 12.5. The smallest absolute Gasteiger partial charge is 0.192 e. The zero-order valence-electron chi connectivity index (χ0n) is 15.8. The molecule has 1 aromatic carbocycles. The van der Waals surface area contributed by atoms with Gasteiger partial charge in [0.15, 0.2) is 11.2 Å². The standard InChI is InChI=1S/C21H20F2N2O2/c1-10-12(8-13(22)18(19(10)23)21(3,4)5)15-9-16(27)17-14(25-15)6-7-24-20(17)11(2)26/h6-9H,1-5H3,(H,25,27). The van der Waals surface area contributed by atoms with Crippen LogP contribution in [0, 0.1) is 18.6 Å². The minimum absolute atomic E-state index is 0.00921. The Labute approximate surface area is 155 Å². The van der Waals surface area contributed by atoms with Crippen molar-refractivity contribution in [2.45, 2.75) is 40.0 Å². The Hall–Kier alpha value is -2.89. The Kier molecular flexibility index (Phi) is 4.46. The van der Waals surface area contributed by atoms with Crippen LogP contribution >= 0.6 is 0 Å². The summed E-state index contributed by atoms with van der Waals surface area (Å²) in [5, 5.41) is 0.165. The van der Waals surface area contributed by atoms with E-state index in [4.69, 9.17) is 0 Å². The summed E-state index contributed by atoms with van der Waals surface area (Å²) < 4.78 is 29.6. The average molecular weight is 370 g/mol. The molecule has 0 radical (unpaired) electrons. The van der Waals surface area contributed by atoms with E-state index < -0.39 is 22.5 Å². The van der Waals surface area contributed by atoms with Gasteiger partial charge in [-0.25, -0.2) is 8.78 Å². The molecule has 27 heavy (non-hydrogen) atoms. The first-order valence-corrected chi connectivity index (χ1v) is 8.54. The Morgan fingerprint density at radius 3 is 2.44 bits per heavy atom. The van der Waals surface area contributed by atoms with Crippen LogP contribution in [0.4, 0.5) is 8.78 Å². The third kappa shape index (κ3) is 3.16. The summed E-state index contributed by atoms with van der Waals surface area (Å²) in [6, 6.07) is 4.04. The van der Waals surface area contributed by atoms with E-state index in [1.165, 1.54) is 25.3 Å². The summed E-state index contributed by atoms with van der Waals surface area (Å²) in [5.41, 5.74) is 0.123. The number of halogens is 2. The third-order valence-corrected chi connectivity index (χ3v) is 4.58. The van der Waals surface area contributed by atoms with E-state index in [2.05, 4.69) is 9.97 Å². The molecule has 0 spiro atoms. The molecule has 3 aromatic rings. The van der Waals surface area contributed by atoms with E-state index in [0.29, 0.717) is 5.52 Å². The highest BCUT2D eigenvalue weighted by molar-refractivity contribution is 6.04. The molecule has 0 saturated heterocycles. The van der Waals surface area contributed by atoms with Crippen molar-refractivity contribution in [3.63, 3.8) is 0 Å². The molecule has 0 unspecified atom stereocenters. The first kappa shape index (κ1) is 18.9. The number of benzene rings is 1. The number of hydrogen-bond donors (Lipinski definition) is 1. The number of nitrogens with one attached hydrogen (secondary N) is 1. The summed E-state index contributed by atoms with van der Waals surface area (Å²) in [7, 11) is 0. The molecular weight excluding hydrogens is 350 g/mol. The van der Waals surface area contributed by atoms with Gasteiger partial charge in [0.25, 0.3) is 0 Å². The van der Waals surface area contributed by atoms with Crippen molar-refractivity contribution in [2.24, 2.45) is 0 Å². The predicted octanol–water partition coefficient (Wildman–Crippen LogP) is 4.68. The lowest BCUT2D eigenvalue weighted by atomic mass is 9.83. The van der Waals surface area contributed by atoms with Crippen molar-refractivity contribution in [2.75, 3.05) is 0 Å². The van der Waals surface area contributed by atoms with Gasteiger partial charge in [0.05, 0.1) is 16.6 Å². The topological polar surface area (TPSA) is 62.8 Å². The fourth-order valence-electron chi connectivity index (χ4n) is 3.30. The zero-order valence-corrected chi connectivity index (χ0v) is 15.8. The van der Waals surface area contributed by atoms with Gasteiger partial charge in [-0.05, 0) is 30.0 Å². The second-order valence-corrected chi connectivity index (χ2v) is 7.66. The largest absolute Gasteiger partial charge is 0.354 e. The third-order valence-electron chi connectivity index (χ3n) is 4.58. The summed E-state index contributed by atoms with van der Waals surface area (Å²) in [6.07, 6.45) is 1.41. The summed E-state index contributed by atoms with van der Waals surface area (Å²) in [5.74, 6) is -1.63. The number of Topliss-reactive ketones (excluding diaryl/α,β-unsaturated/α-hetero) is 1. The molecule has 0 fully saturated rings. The van der Waals surface area contributed by atoms with Crippen molar-refractivity contribution < 1.29 is 13.6 Å². The Morgan fingerprint density at radius 2 is 1.85 bits per heavy atom. The molecule has 0 amide bonds. The Morgan fingerprint density at radius 1 is 1.19 bits per heavy atom. The number of rotatable bonds is 2. The lowest BCUT2D eigenvalue weighted by Gasteiger charge is -2.23. The summed E-state index contributed by atoms with van der Waals surface area (Å²) in [6.45, 7) is 8.09. The van der Waals surface area contributed by atoms with Gasteiger partial charge >= 0.3 is 0 Å². The molecule has 2 heterocycles. The van der Waals surface area contributed by atoms with Crippen molar-refractivity contribution in [1.29, 1.82) is 0 Å². The van der Waals surface area contributed by atoms with Crippen molar-refractivity contribution in [3.8, 4) is 11.3 Å². The normalized spacial score (nSPS) is 11.8. The lowest BCUT2D eigenvalue weighted by molar-refractivity contribution is 0.101. The van der Waals surface area contributed by atoms with Gasteiger partial charge < -0.3 is 4.98 Å². The van der Waals surface area contributed by atoms with E-state index in [0.717, 1.165) is 0 Å². The molecule has 0 aliphatic heterocycles. The van der Waals surface area contributed by atoms with Crippen molar-refractivity contribution >= 4 is 16.7 Å². The highest BCUT2D eigenvalue weighted by Gasteiger charge is 2.26. The number of aromatic amines is 1. The molecule has 1 N–H and O–H groups in total. The van der Waals surface area contributed by atoms with Crippen LogP contribution in [0.1, 0.15) is 49.3 Å². The number of ketones is 1. The minimum Gasteiger partial charge on any atom is -0.354 e. The monoisotopic (exact) mass is 370 g/mol. The SMILES string of the molecule is CC(=O)c1nccc2[nH]c(-c3cc(F)c(C(C)(C)C)c(F)c3C)cc(=O)c12. The maximum Gasteiger partial charge on any atom is 0.192 e. The van der Waals surface area contributed by atoms with E-state index in [1.807, 2.05) is 0 Å². The van der Waals surface area contributed by atoms with E-state index in [1.54, 1.807) is 33.8 Å². The highest BCUT2D eigenvalue weighted by atomic mass is 19.1. The number of fused-ring (bicyclic) bond motifs is 1.